The van der Waals surface area contributed by atoms with Crippen LogP contribution < -0.4 is 0 Å². The van der Waals surface area contributed by atoms with E-state index in [1.807, 2.05) is 6.08 Å². The first-order valence-electron chi connectivity index (χ1n) is 4.49. The van der Waals surface area contributed by atoms with Gasteiger partial charge in [0.2, 0.25) is 0 Å². The molecule has 0 fully saturated rings. The van der Waals surface area contributed by atoms with Gasteiger partial charge in [0.1, 0.15) is 6.10 Å². The van der Waals surface area contributed by atoms with Crippen molar-refractivity contribution in [1.82, 2.24) is 0 Å². The summed E-state index contributed by atoms with van der Waals surface area (Å²) >= 11 is 0. The fourth-order valence-electron chi connectivity index (χ4n) is 1.51. The molecule has 0 radical (unpaired) electrons. The van der Waals surface area contributed by atoms with Gasteiger partial charge >= 0.3 is 0 Å². The lowest BCUT2D eigenvalue weighted by Crippen LogP contribution is -2.21. The maximum atomic E-state index is 11.0. The number of ketones is 1. The summed E-state index contributed by atoms with van der Waals surface area (Å²) in [4.78, 5) is 11.0. The molecule has 0 bridgehead atoms. The molecular formula is C10H16O2. The minimum Gasteiger partial charge on any atom is -0.385 e. The predicted octanol–water partition coefficient (Wildman–Crippen LogP) is 1.54. The Bertz CT molecular complexity index is 194. The third-order valence-corrected chi connectivity index (χ3v) is 2.52. The van der Waals surface area contributed by atoms with Gasteiger partial charge in [0.25, 0.3) is 0 Å². The molecule has 0 aromatic rings. The van der Waals surface area contributed by atoms with Crippen molar-refractivity contribution >= 4 is 5.78 Å². The largest absolute Gasteiger partial charge is 0.385 e. The quantitative estimate of drug-likeness (QED) is 0.644. The molecule has 0 amide bonds. The van der Waals surface area contributed by atoms with E-state index in [9.17, 15) is 9.90 Å². The topological polar surface area (TPSA) is 37.3 Å². The SMILES string of the molecule is CC(C)[C@H]1CC=CC(=O)C(O)C1. The van der Waals surface area contributed by atoms with Crippen LogP contribution in [0.1, 0.15) is 26.7 Å². The number of hydrogen-bond donors (Lipinski definition) is 1. The molecule has 1 rings (SSSR count). The summed E-state index contributed by atoms with van der Waals surface area (Å²) in [6.45, 7) is 4.25. The highest BCUT2D eigenvalue weighted by Crippen LogP contribution is 2.24. The average molecular weight is 168 g/mol. The van der Waals surface area contributed by atoms with E-state index in [-0.39, 0.29) is 5.78 Å². The van der Waals surface area contributed by atoms with Crippen LogP contribution in [0.15, 0.2) is 12.2 Å². The lowest BCUT2D eigenvalue weighted by Gasteiger charge is -2.19. The highest BCUT2D eigenvalue weighted by molar-refractivity contribution is 5.93. The molecule has 2 atom stereocenters. The van der Waals surface area contributed by atoms with Crippen LogP contribution in [0.3, 0.4) is 0 Å². The highest BCUT2D eigenvalue weighted by Gasteiger charge is 2.22. The van der Waals surface area contributed by atoms with Crippen molar-refractivity contribution in [2.24, 2.45) is 11.8 Å². The molecule has 0 heterocycles. The summed E-state index contributed by atoms with van der Waals surface area (Å²) in [5.41, 5.74) is 0. The Hall–Kier alpha value is -0.630. The van der Waals surface area contributed by atoms with Crippen molar-refractivity contribution in [3.63, 3.8) is 0 Å². The van der Waals surface area contributed by atoms with E-state index in [0.29, 0.717) is 18.3 Å². The van der Waals surface area contributed by atoms with Crippen LogP contribution in [-0.4, -0.2) is 17.0 Å². The predicted molar refractivity (Wildman–Crippen MR) is 47.7 cm³/mol. The second kappa shape index (κ2) is 3.85. The Morgan fingerprint density at radius 2 is 2.25 bits per heavy atom. The normalized spacial score (nSPS) is 30.8. The van der Waals surface area contributed by atoms with Crippen LogP contribution >= 0.6 is 0 Å². The third kappa shape index (κ3) is 2.18. The van der Waals surface area contributed by atoms with E-state index >= 15 is 0 Å². The standard InChI is InChI=1S/C10H16O2/c1-7(2)8-4-3-5-9(11)10(12)6-8/h3,5,7-8,10,12H,4,6H2,1-2H3/t8-,10?/m0/s1. The van der Waals surface area contributed by atoms with Gasteiger partial charge in [-0.25, -0.2) is 0 Å². The van der Waals surface area contributed by atoms with Gasteiger partial charge in [0, 0.05) is 0 Å². The lowest BCUT2D eigenvalue weighted by molar-refractivity contribution is -0.122. The number of aliphatic hydroxyl groups excluding tert-OH is 1. The third-order valence-electron chi connectivity index (χ3n) is 2.52. The number of rotatable bonds is 1. The Labute approximate surface area is 73.3 Å². The van der Waals surface area contributed by atoms with Crippen molar-refractivity contribution in [2.75, 3.05) is 0 Å². The van der Waals surface area contributed by atoms with Crippen LogP contribution in [-0.2, 0) is 4.79 Å². The van der Waals surface area contributed by atoms with Gasteiger partial charge in [-0.1, -0.05) is 19.9 Å². The van der Waals surface area contributed by atoms with Gasteiger partial charge in [0.05, 0.1) is 0 Å². The fourth-order valence-corrected chi connectivity index (χ4v) is 1.51. The van der Waals surface area contributed by atoms with E-state index < -0.39 is 6.10 Å². The molecule has 12 heavy (non-hydrogen) atoms. The Balaban J connectivity index is 2.63. The molecule has 1 aliphatic carbocycles. The van der Waals surface area contributed by atoms with Crippen molar-refractivity contribution < 1.29 is 9.90 Å². The first-order valence-corrected chi connectivity index (χ1v) is 4.49. The minimum atomic E-state index is -0.767. The molecule has 0 saturated carbocycles. The highest BCUT2D eigenvalue weighted by atomic mass is 16.3. The number of carbonyl (C=O) groups excluding carboxylic acids is 1. The Kier molecular flexibility index (Phi) is 3.04. The zero-order valence-corrected chi connectivity index (χ0v) is 7.66. The van der Waals surface area contributed by atoms with Crippen LogP contribution in [0.2, 0.25) is 0 Å². The molecule has 2 heteroatoms. The first kappa shape index (κ1) is 9.46. The summed E-state index contributed by atoms with van der Waals surface area (Å²) in [6.07, 6.45) is 4.15. The monoisotopic (exact) mass is 168 g/mol. The van der Waals surface area contributed by atoms with Crippen LogP contribution in [0, 0.1) is 11.8 Å². The molecular weight excluding hydrogens is 152 g/mol. The average Bonchev–Trinajstić information content (AvgIpc) is 2.15. The maximum Gasteiger partial charge on any atom is 0.183 e. The number of allylic oxidation sites excluding steroid dienone is 1. The second-order valence-electron chi connectivity index (χ2n) is 3.80. The van der Waals surface area contributed by atoms with E-state index in [0.717, 1.165) is 6.42 Å². The van der Waals surface area contributed by atoms with Crippen molar-refractivity contribution in [2.45, 2.75) is 32.8 Å². The summed E-state index contributed by atoms with van der Waals surface area (Å²) in [5.74, 6) is 0.844. The summed E-state index contributed by atoms with van der Waals surface area (Å²) in [6, 6.07) is 0. The molecule has 0 aromatic carbocycles. The van der Waals surface area contributed by atoms with Gasteiger partial charge < -0.3 is 5.11 Å². The minimum absolute atomic E-state index is 0.141. The number of aliphatic hydroxyl groups is 1. The van der Waals surface area contributed by atoms with E-state index in [4.69, 9.17) is 0 Å². The Morgan fingerprint density at radius 3 is 2.83 bits per heavy atom. The lowest BCUT2D eigenvalue weighted by atomic mass is 9.88. The van der Waals surface area contributed by atoms with E-state index in [2.05, 4.69) is 13.8 Å². The van der Waals surface area contributed by atoms with Gasteiger partial charge in [-0.2, -0.15) is 0 Å². The van der Waals surface area contributed by atoms with Gasteiger partial charge in [-0.3, -0.25) is 4.79 Å². The first-order chi connectivity index (χ1) is 5.61. The molecule has 1 unspecified atom stereocenters. The zero-order valence-electron chi connectivity index (χ0n) is 7.66. The smallest absolute Gasteiger partial charge is 0.183 e. The number of hydrogen-bond acceptors (Lipinski definition) is 2. The van der Waals surface area contributed by atoms with Crippen LogP contribution in [0.5, 0.6) is 0 Å². The van der Waals surface area contributed by atoms with Gasteiger partial charge in [0.15, 0.2) is 5.78 Å². The molecule has 0 saturated heterocycles. The molecule has 1 aliphatic rings. The van der Waals surface area contributed by atoms with Crippen molar-refractivity contribution in [3.05, 3.63) is 12.2 Å². The maximum absolute atomic E-state index is 11.0. The zero-order chi connectivity index (χ0) is 9.14. The second-order valence-corrected chi connectivity index (χ2v) is 3.80. The Morgan fingerprint density at radius 1 is 1.58 bits per heavy atom. The molecule has 0 spiro atoms. The van der Waals surface area contributed by atoms with Crippen molar-refractivity contribution in [3.8, 4) is 0 Å². The summed E-state index contributed by atoms with van der Waals surface area (Å²) < 4.78 is 0. The van der Waals surface area contributed by atoms with E-state index in [1.165, 1.54) is 6.08 Å². The number of carbonyl (C=O) groups is 1. The summed E-state index contributed by atoms with van der Waals surface area (Å²) in [7, 11) is 0. The van der Waals surface area contributed by atoms with Gasteiger partial charge in [-0.05, 0) is 30.8 Å². The van der Waals surface area contributed by atoms with Crippen LogP contribution in [0.25, 0.3) is 0 Å². The molecule has 0 aliphatic heterocycles. The fraction of sp³-hybridized carbons (Fsp3) is 0.700. The summed E-state index contributed by atoms with van der Waals surface area (Å²) in [5, 5.41) is 9.38. The van der Waals surface area contributed by atoms with E-state index in [1.54, 1.807) is 0 Å². The van der Waals surface area contributed by atoms with Gasteiger partial charge in [-0.15, -0.1) is 0 Å². The van der Waals surface area contributed by atoms with Crippen LogP contribution in [0.4, 0.5) is 0 Å². The van der Waals surface area contributed by atoms with Crippen molar-refractivity contribution in [1.29, 1.82) is 0 Å². The molecule has 68 valence electrons. The molecule has 1 N–H and O–H groups in total. The molecule has 2 nitrogen and oxygen atoms in total. The molecule has 0 aromatic heterocycles.